The summed E-state index contributed by atoms with van der Waals surface area (Å²) in [4.78, 5) is 5.27. The molecule has 7 nitrogen and oxygen atoms in total. The van der Waals surface area contributed by atoms with Crippen LogP contribution in [0.25, 0.3) is 11.5 Å². The maximum absolute atomic E-state index is 5.68. The number of hydrogen-bond donors (Lipinski definition) is 0. The van der Waals surface area contributed by atoms with Crippen LogP contribution >= 0.6 is 0 Å². The van der Waals surface area contributed by atoms with Crippen molar-refractivity contribution in [1.82, 2.24) is 5.16 Å². The van der Waals surface area contributed by atoms with E-state index in [9.17, 15) is 0 Å². The van der Waals surface area contributed by atoms with Gasteiger partial charge in [-0.1, -0.05) is 10.3 Å². The Hall–Kier alpha value is -3.22. The van der Waals surface area contributed by atoms with Gasteiger partial charge in [0.05, 0.1) is 25.7 Å². The molecule has 2 aromatic heterocycles. The van der Waals surface area contributed by atoms with E-state index >= 15 is 0 Å². The summed E-state index contributed by atoms with van der Waals surface area (Å²) in [7, 11) is 1.60. The molecule has 0 aliphatic heterocycles. The number of furan rings is 1. The van der Waals surface area contributed by atoms with Gasteiger partial charge < -0.3 is 23.3 Å². The van der Waals surface area contributed by atoms with Crippen molar-refractivity contribution in [2.24, 2.45) is 5.16 Å². The van der Waals surface area contributed by atoms with E-state index in [2.05, 4.69) is 10.3 Å². The van der Waals surface area contributed by atoms with Crippen molar-refractivity contribution < 1.29 is 23.3 Å². The molecule has 3 rings (SSSR count). The first-order chi connectivity index (χ1) is 12.7. The summed E-state index contributed by atoms with van der Waals surface area (Å²) in [5, 5.41) is 7.86. The lowest BCUT2D eigenvalue weighted by Gasteiger charge is -2.13. The first-order valence-electron chi connectivity index (χ1n) is 8.15. The Morgan fingerprint density at radius 3 is 2.77 bits per heavy atom. The molecule has 0 fully saturated rings. The second-order valence-electron chi connectivity index (χ2n) is 5.74. The van der Waals surface area contributed by atoms with Crippen LogP contribution in [-0.2, 0) is 11.4 Å². The number of ether oxygens (including phenoxy) is 2. The lowest BCUT2D eigenvalue weighted by Crippen LogP contribution is -2.06. The average molecular weight is 356 g/mol. The van der Waals surface area contributed by atoms with Crippen LogP contribution in [-0.4, -0.2) is 24.6 Å². The highest BCUT2D eigenvalue weighted by Crippen LogP contribution is 2.28. The minimum atomic E-state index is 0.0697. The smallest absolute Gasteiger partial charge is 0.202 e. The predicted octanol–water partition coefficient (Wildman–Crippen LogP) is 4.28. The zero-order chi connectivity index (χ0) is 18.4. The number of rotatable bonds is 8. The van der Waals surface area contributed by atoms with Crippen LogP contribution in [0.4, 0.5) is 0 Å². The summed E-state index contributed by atoms with van der Waals surface area (Å²) < 4.78 is 21.5. The highest BCUT2D eigenvalue weighted by molar-refractivity contribution is 5.80. The monoisotopic (exact) mass is 356 g/mol. The SMILES string of the molecule is COc1cc(/C=N\OCc2cc(-c3ccco3)on2)ccc1OC(C)C. The molecule has 0 saturated heterocycles. The van der Waals surface area contributed by atoms with Crippen LogP contribution in [0.5, 0.6) is 11.5 Å². The molecular weight excluding hydrogens is 336 g/mol. The number of hydrogen-bond acceptors (Lipinski definition) is 7. The van der Waals surface area contributed by atoms with E-state index in [4.69, 9.17) is 23.3 Å². The molecule has 0 aliphatic rings. The number of nitrogens with zero attached hydrogens (tertiary/aromatic N) is 2. The van der Waals surface area contributed by atoms with Crippen LogP contribution in [0.15, 0.2) is 56.8 Å². The molecule has 0 radical (unpaired) electrons. The summed E-state index contributed by atoms with van der Waals surface area (Å²) in [6.07, 6.45) is 3.24. The topological polar surface area (TPSA) is 79.2 Å². The Kier molecular flexibility index (Phi) is 5.58. The molecular formula is C19H20N2O5. The number of aromatic nitrogens is 1. The highest BCUT2D eigenvalue weighted by atomic mass is 16.6. The molecule has 1 aromatic carbocycles. The average Bonchev–Trinajstić information content (AvgIpc) is 3.30. The molecule has 26 heavy (non-hydrogen) atoms. The molecule has 136 valence electrons. The van der Waals surface area contributed by atoms with Gasteiger partial charge in [0, 0.05) is 11.6 Å². The first-order valence-corrected chi connectivity index (χ1v) is 8.15. The summed E-state index contributed by atoms with van der Waals surface area (Å²) in [5.41, 5.74) is 1.45. The highest BCUT2D eigenvalue weighted by Gasteiger charge is 2.09. The van der Waals surface area contributed by atoms with Gasteiger partial charge >= 0.3 is 0 Å². The Bertz CT molecular complexity index is 853. The van der Waals surface area contributed by atoms with E-state index in [-0.39, 0.29) is 12.7 Å². The largest absolute Gasteiger partial charge is 0.493 e. The van der Waals surface area contributed by atoms with Crippen LogP contribution in [0, 0.1) is 0 Å². The minimum absolute atomic E-state index is 0.0697. The molecule has 0 atom stereocenters. The molecule has 0 bridgehead atoms. The van der Waals surface area contributed by atoms with Gasteiger partial charge in [0.1, 0.15) is 5.69 Å². The third kappa shape index (κ3) is 4.44. The lowest BCUT2D eigenvalue weighted by atomic mass is 10.2. The number of methoxy groups -OCH3 is 1. The van der Waals surface area contributed by atoms with E-state index in [0.29, 0.717) is 28.7 Å². The standard InChI is InChI=1S/C19H20N2O5/c1-13(2)25-17-7-6-14(9-18(17)22-3)11-20-24-12-15-10-19(26-21-15)16-5-4-8-23-16/h4-11,13H,12H2,1-3H3/b20-11-. The summed E-state index contributed by atoms with van der Waals surface area (Å²) >= 11 is 0. The van der Waals surface area contributed by atoms with E-state index in [1.54, 1.807) is 37.8 Å². The molecule has 0 unspecified atom stereocenters. The van der Waals surface area contributed by atoms with Crippen molar-refractivity contribution in [2.45, 2.75) is 26.6 Å². The molecule has 2 heterocycles. The fraction of sp³-hybridized carbons (Fsp3) is 0.263. The van der Waals surface area contributed by atoms with Gasteiger partial charge in [0.15, 0.2) is 23.9 Å². The van der Waals surface area contributed by atoms with Gasteiger partial charge in [-0.2, -0.15) is 0 Å². The van der Waals surface area contributed by atoms with Gasteiger partial charge in [-0.05, 0) is 44.2 Å². The van der Waals surface area contributed by atoms with Gasteiger partial charge in [-0.3, -0.25) is 0 Å². The molecule has 0 spiro atoms. The molecule has 3 aromatic rings. The number of oxime groups is 1. The van der Waals surface area contributed by atoms with Gasteiger partial charge in [0.25, 0.3) is 0 Å². The van der Waals surface area contributed by atoms with Crippen LogP contribution in [0.3, 0.4) is 0 Å². The quantitative estimate of drug-likeness (QED) is 0.443. The van der Waals surface area contributed by atoms with E-state index in [0.717, 1.165) is 5.56 Å². The van der Waals surface area contributed by atoms with Crippen molar-refractivity contribution in [2.75, 3.05) is 7.11 Å². The van der Waals surface area contributed by atoms with Gasteiger partial charge in [-0.25, -0.2) is 0 Å². The minimum Gasteiger partial charge on any atom is -0.493 e. The third-order valence-electron chi connectivity index (χ3n) is 3.36. The molecule has 7 heteroatoms. The maximum atomic E-state index is 5.68. The molecule has 0 amide bonds. The first kappa shape index (κ1) is 17.6. The fourth-order valence-corrected chi connectivity index (χ4v) is 2.23. The van der Waals surface area contributed by atoms with E-state index in [1.807, 2.05) is 32.0 Å². The zero-order valence-corrected chi connectivity index (χ0v) is 14.8. The van der Waals surface area contributed by atoms with Gasteiger partial charge in [0.2, 0.25) is 5.76 Å². The Morgan fingerprint density at radius 2 is 2.04 bits per heavy atom. The fourth-order valence-electron chi connectivity index (χ4n) is 2.23. The number of benzene rings is 1. The van der Waals surface area contributed by atoms with Crippen LogP contribution in [0.2, 0.25) is 0 Å². The van der Waals surface area contributed by atoms with Crippen molar-refractivity contribution in [3.05, 3.63) is 53.9 Å². The van der Waals surface area contributed by atoms with Crippen molar-refractivity contribution in [3.8, 4) is 23.0 Å². The Balaban J connectivity index is 1.57. The molecule has 0 aliphatic carbocycles. The van der Waals surface area contributed by atoms with Crippen molar-refractivity contribution in [3.63, 3.8) is 0 Å². The normalized spacial score (nSPS) is 11.2. The Labute approximate surface area is 151 Å². The maximum Gasteiger partial charge on any atom is 0.202 e. The Morgan fingerprint density at radius 1 is 1.15 bits per heavy atom. The van der Waals surface area contributed by atoms with Crippen LogP contribution < -0.4 is 9.47 Å². The second-order valence-corrected chi connectivity index (χ2v) is 5.74. The second kappa shape index (κ2) is 8.24. The third-order valence-corrected chi connectivity index (χ3v) is 3.36. The summed E-state index contributed by atoms with van der Waals surface area (Å²) in [6, 6.07) is 10.9. The summed E-state index contributed by atoms with van der Waals surface area (Å²) in [5.74, 6) is 2.49. The van der Waals surface area contributed by atoms with E-state index < -0.39 is 0 Å². The lowest BCUT2D eigenvalue weighted by molar-refractivity contribution is 0.126. The zero-order valence-electron chi connectivity index (χ0n) is 14.8. The van der Waals surface area contributed by atoms with Crippen molar-refractivity contribution >= 4 is 6.21 Å². The van der Waals surface area contributed by atoms with Crippen molar-refractivity contribution in [1.29, 1.82) is 0 Å². The van der Waals surface area contributed by atoms with E-state index in [1.165, 1.54) is 0 Å². The predicted molar refractivity (Wildman–Crippen MR) is 95.3 cm³/mol. The molecule has 0 N–H and O–H groups in total. The van der Waals surface area contributed by atoms with Crippen LogP contribution in [0.1, 0.15) is 25.1 Å². The molecule has 0 saturated carbocycles. The summed E-state index contributed by atoms with van der Waals surface area (Å²) in [6.45, 7) is 4.11. The van der Waals surface area contributed by atoms with Gasteiger partial charge in [-0.15, -0.1) is 0 Å².